The summed E-state index contributed by atoms with van der Waals surface area (Å²) in [6, 6.07) is 1.69. The Bertz CT molecular complexity index is 1790. The molecule has 1 aromatic heterocycles. The van der Waals surface area contributed by atoms with Crippen LogP contribution in [0, 0.1) is 34.0 Å². The number of ether oxygens (including phenoxy) is 7. The minimum Gasteiger partial charge on any atom is -0.511 e. The van der Waals surface area contributed by atoms with E-state index < -0.39 is 105 Å². The van der Waals surface area contributed by atoms with Gasteiger partial charge < -0.3 is 47.8 Å². The second-order valence-electron chi connectivity index (χ2n) is 16.9. The fraction of sp³-hybridized carbons (Fsp3) is 0.730. The first kappa shape index (κ1) is 34.6. The molecule has 7 aliphatic rings. The molecule has 2 spiro atoms. The largest absolute Gasteiger partial charge is 0.511 e. The average Bonchev–Trinajstić information content (AvgIpc) is 3.74. The van der Waals surface area contributed by atoms with Crippen LogP contribution < -0.4 is 0 Å². The van der Waals surface area contributed by atoms with Gasteiger partial charge in [-0.15, -0.1) is 0 Å². The molecule has 1 aromatic rings. The van der Waals surface area contributed by atoms with Crippen molar-refractivity contribution in [3.8, 4) is 0 Å². The highest BCUT2D eigenvalue weighted by molar-refractivity contribution is 5.92. The van der Waals surface area contributed by atoms with Crippen LogP contribution in [0.25, 0.3) is 0 Å². The number of methoxy groups -OCH3 is 1. The van der Waals surface area contributed by atoms with Crippen LogP contribution in [-0.2, 0) is 52.3 Å². The molecule has 13 atom stereocenters. The quantitative estimate of drug-likeness (QED) is 0.187. The second-order valence-corrected chi connectivity index (χ2v) is 16.9. The van der Waals surface area contributed by atoms with Crippen LogP contribution in [0.15, 0.2) is 34.3 Å². The molecule has 3 aliphatic heterocycles. The lowest BCUT2D eigenvalue weighted by Crippen LogP contribution is -2.93. The highest BCUT2D eigenvalue weighted by Gasteiger charge is 3.04. The highest BCUT2D eigenvalue weighted by Crippen LogP contribution is 2.90. The molecule has 4 heterocycles. The van der Waals surface area contributed by atoms with E-state index in [2.05, 4.69) is 0 Å². The molecule has 0 unspecified atom stereocenters. The third-order valence-corrected chi connectivity index (χ3v) is 14.2. The summed E-state index contributed by atoms with van der Waals surface area (Å²) in [5.41, 5.74) is -10.7. The van der Waals surface area contributed by atoms with Crippen molar-refractivity contribution in [1.29, 1.82) is 0 Å². The molecule has 7 fully saturated rings. The molecule has 4 bridgehead atoms. The standard InChI is InChI=1S/C37H46O14/c1-17(2)24(41)23-25-30(5,26(48-27(23)42)20-10-13-45-15-20)11-12-34-32(7)21(14-22(40)44-9)31(6)16-35(32)36(43,28(31)46-18(3)38)29(47-19(4)39)37(25,34)51-33(8,49-34)50-35/h10,13,15,17,21,25-26,28-29,41,43H,11-12,14,16H2,1-9H3/b24-23+/t21-,25+,26-,28-,29+,30+,31+,32-,33+,34-,35+,36-,37+/m0/s1. The van der Waals surface area contributed by atoms with Gasteiger partial charge in [0.25, 0.3) is 5.97 Å². The minimum absolute atomic E-state index is 0.0755. The summed E-state index contributed by atoms with van der Waals surface area (Å²) in [6.07, 6.45) is -0.648. The van der Waals surface area contributed by atoms with E-state index in [1.165, 1.54) is 33.5 Å². The van der Waals surface area contributed by atoms with Gasteiger partial charge in [-0.1, -0.05) is 34.6 Å². The molecule has 3 saturated heterocycles. The Morgan fingerprint density at radius 3 is 2.20 bits per heavy atom. The van der Waals surface area contributed by atoms with Crippen molar-refractivity contribution in [3.63, 3.8) is 0 Å². The van der Waals surface area contributed by atoms with E-state index in [0.717, 1.165) is 0 Å². The molecule has 0 amide bonds. The molecule has 0 radical (unpaired) electrons. The number of hydrogen-bond donors (Lipinski definition) is 2. The predicted octanol–water partition coefficient (Wildman–Crippen LogP) is 3.95. The SMILES string of the molecule is COC(=O)C[C@H]1[C@@]2(C)C[C@@]34O[C@]5(C)O[C@]6([C@@H]7/C(=C(\O)C(C)C)C(=O)O[C@@H](c8ccoc8)[C@]7(C)CC[C@]6(O5)[C@]13C)[C@H](OC(C)=O)[C@@]4(O)[C@H]2OC(C)=O. The van der Waals surface area contributed by atoms with Crippen molar-refractivity contribution in [2.24, 2.45) is 34.0 Å². The van der Waals surface area contributed by atoms with Crippen LogP contribution in [0.1, 0.15) is 92.7 Å². The Hall–Kier alpha value is -3.46. The van der Waals surface area contributed by atoms with Crippen LogP contribution in [-0.4, -0.2) is 81.8 Å². The Labute approximate surface area is 295 Å². The van der Waals surface area contributed by atoms with Gasteiger partial charge in [-0.05, 0) is 31.2 Å². The van der Waals surface area contributed by atoms with E-state index >= 15 is 0 Å². The van der Waals surface area contributed by atoms with Crippen molar-refractivity contribution < 1.29 is 67.0 Å². The van der Waals surface area contributed by atoms with Crippen molar-refractivity contribution in [3.05, 3.63) is 35.5 Å². The van der Waals surface area contributed by atoms with Crippen LogP contribution in [0.2, 0.25) is 0 Å². The maximum Gasteiger partial charge on any atom is 0.338 e. The monoisotopic (exact) mass is 714 g/mol. The molecule has 14 nitrogen and oxygen atoms in total. The van der Waals surface area contributed by atoms with Crippen LogP contribution >= 0.6 is 0 Å². The van der Waals surface area contributed by atoms with E-state index in [1.54, 1.807) is 26.8 Å². The summed E-state index contributed by atoms with van der Waals surface area (Å²) >= 11 is 0. The third-order valence-electron chi connectivity index (χ3n) is 14.2. The first-order chi connectivity index (χ1) is 23.7. The summed E-state index contributed by atoms with van der Waals surface area (Å²) < 4.78 is 50.6. The Morgan fingerprint density at radius 2 is 1.61 bits per heavy atom. The third kappa shape index (κ3) is 3.49. The number of allylic oxidation sites excluding steroid dienone is 1. The zero-order valence-corrected chi connectivity index (χ0v) is 30.3. The smallest absolute Gasteiger partial charge is 0.338 e. The van der Waals surface area contributed by atoms with Gasteiger partial charge in [0.05, 0.1) is 25.2 Å². The van der Waals surface area contributed by atoms with Crippen molar-refractivity contribution >= 4 is 23.9 Å². The molecule has 4 saturated carbocycles. The lowest BCUT2D eigenvalue weighted by molar-refractivity contribution is -0.477. The molecule has 4 aliphatic carbocycles. The lowest BCUT2D eigenvalue weighted by atomic mass is 9.33. The molecular weight excluding hydrogens is 668 g/mol. The van der Waals surface area contributed by atoms with Crippen molar-refractivity contribution in [1.82, 2.24) is 0 Å². The molecule has 0 aromatic carbocycles. The van der Waals surface area contributed by atoms with Gasteiger partial charge in [0.1, 0.15) is 29.2 Å². The molecular formula is C37H46O14. The number of furan rings is 1. The van der Waals surface area contributed by atoms with E-state index in [-0.39, 0.29) is 30.6 Å². The van der Waals surface area contributed by atoms with E-state index in [9.17, 15) is 29.4 Å². The summed E-state index contributed by atoms with van der Waals surface area (Å²) in [6.45, 7) is 13.1. The Morgan fingerprint density at radius 1 is 0.961 bits per heavy atom. The molecule has 278 valence electrons. The lowest BCUT2D eigenvalue weighted by Gasteiger charge is -2.77. The first-order valence-electron chi connectivity index (χ1n) is 17.6. The molecule has 2 N–H and O–H groups in total. The topological polar surface area (TPSA) is 186 Å². The second kappa shape index (κ2) is 9.94. The fourth-order valence-corrected chi connectivity index (χ4v) is 12.9. The predicted molar refractivity (Wildman–Crippen MR) is 170 cm³/mol. The number of fused-ring (bicyclic) bond motifs is 3. The number of hydrogen-bond acceptors (Lipinski definition) is 14. The van der Waals surface area contributed by atoms with Crippen LogP contribution in [0.3, 0.4) is 0 Å². The van der Waals surface area contributed by atoms with E-state index in [1.807, 2.05) is 20.8 Å². The maximum absolute atomic E-state index is 14.5. The van der Waals surface area contributed by atoms with E-state index in [4.69, 9.17) is 37.6 Å². The van der Waals surface area contributed by atoms with Crippen molar-refractivity contribution in [2.75, 3.05) is 7.11 Å². The van der Waals surface area contributed by atoms with Crippen molar-refractivity contribution in [2.45, 2.75) is 128 Å². The van der Waals surface area contributed by atoms with Gasteiger partial charge >= 0.3 is 23.9 Å². The zero-order chi connectivity index (χ0) is 37.1. The fourth-order valence-electron chi connectivity index (χ4n) is 12.9. The summed E-state index contributed by atoms with van der Waals surface area (Å²) in [5, 5.41) is 25.7. The van der Waals surface area contributed by atoms with Gasteiger partial charge in [-0.2, -0.15) is 0 Å². The summed E-state index contributed by atoms with van der Waals surface area (Å²) in [7, 11) is 1.28. The van der Waals surface area contributed by atoms with Gasteiger partial charge in [0.15, 0.2) is 17.3 Å². The minimum atomic E-state index is -2.32. The molecule has 51 heavy (non-hydrogen) atoms. The van der Waals surface area contributed by atoms with E-state index in [0.29, 0.717) is 12.0 Å². The van der Waals surface area contributed by atoms with Gasteiger partial charge in [-0.3, -0.25) is 14.4 Å². The number of aliphatic hydroxyl groups is 2. The molecule has 14 heteroatoms. The Balaban J connectivity index is 1.53. The molecule has 8 rings (SSSR count). The summed E-state index contributed by atoms with van der Waals surface area (Å²) in [5.74, 6) is -7.53. The number of esters is 4. The first-order valence-corrected chi connectivity index (χ1v) is 17.6. The maximum atomic E-state index is 14.5. The zero-order valence-electron chi connectivity index (χ0n) is 30.3. The number of aliphatic hydroxyl groups excluding tert-OH is 1. The number of carbonyl (C=O) groups excluding carboxylic acids is 4. The number of rotatable bonds is 6. The van der Waals surface area contributed by atoms with Gasteiger partial charge in [-0.25, -0.2) is 4.79 Å². The van der Waals surface area contributed by atoms with Gasteiger partial charge in [0, 0.05) is 60.8 Å². The number of cyclic esters (lactones) is 1. The van der Waals surface area contributed by atoms with Crippen LogP contribution in [0.4, 0.5) is 0 Å². The summed E-state index contributed by atoms with van der Waals surface area (Å²) in [4.78, 5) is 54.2. The highest BCUT2D eigenvalue weighted by atomic mass is 16.9. The van der Waals surface area contributed by atoms with Crippen LogP contribution in [0.5, 0.6) is 0 Å². The normalized spacial score (nSPS) is 50.7. The average molecular weight is 715 g/mol. The Kier molecular flexibility index (Phi) is 6.75. The van der Waals surface area contributed by atoms with Gasteiger partial charge in [0.2, 0.25) is 0 Å². The number of carbonyl (C=O) groups is 4.